The number of hydrogen-bond acceptors (Lipinski definition) is 3. The Morgan fingerprint density at radius 1 is 1.67 bits per heavy atom. The summed E-state index contributed by atoms with van der Waals surface area (Å²) in [5.74, 6) is 1.17. The molecular weight excluding hydrogens is 114 g/mol. The number of nitrogens with one attached hydrogen (secondary N) is 1. The van der Waals surface area contributed by atoms with E-state index in [9.17, 15) is 0 Å². The fourth-order valence-corrected chi connectivity index (χ4v) is 1.06. The maximum atomic E-state index is 2.95. The van der Waals surface area contributed by atoms with E-state index in [-0.39, 0.29) is 0 Å². The van der Waals surface area contributed by atoms with Crippen LogP contribution in [-0.4, -0.2) is 12.8 Å². The molecular formula is C3H9NS2. The molecule has 38 valence electrons. The van der Waals surface area contributed by atoms with Crippen molar-refractivity contribution in [1.29, 1.82) is 0 Å². The molecule has 0 bridgehead atoms. The van der Waals surface area contributed by atoms with E-state index in [2.05, 4.69) is 11.6 Å². The second-order valence-corrected chi connectivity index (χ2v) is 3.29. The minimum absolute atomic E-state index is 1.17. The minimum Gasteiger partial charge on any atom is -0.258 e. The van der Waals surface area contributed by atoms with Crippen LogP contribution in [0.3, 0.4) is 0 Å². The summed E-state index contributed by atoms with van der Waals surface area (Å²) in [6.45, 7) is 2.13. The topological polar surface area (TPSA) is 12.0 Å². The quantitative estimate of drug-likeness (QED) is 0.347. The molecule has 0 saturated heterocycles. The molecule has 0 aromatic heterocycles. The van der Waals surface area contributed by atoms with Gasteiger partial charge in [-0.2, -0.15) is 0 Å². The Morgan fingerprint density at radius 3 is 2.50 bits per heavy atom. The SMILES string of the molecule is CCSSNC. The Morgan fingerprint density at radius 2 is 2.33 bits per heavy atom. The van der Waals surface area contributed by atoms with Gasteiger partial charge in [-0.25, -0.2) is 0 Å². The molecule has 1 N–H and O–H groups in total. The molecule has 6 heavy (non-hydrogen) atoms. The lowest BCUT2D eigenvalue weighted by Crippen LogP contribution is -1.85. The van der Waals surface area contributed by atoms with Gasteiger partial charge >= 0.3 is 0 Å². The monoisotopic (exact) mass is 123 g/mol. The maximum Gasteiger partial charge on any atom is 0.00209 e. The van der Waals surface area contributed by atoms with E-state index in [1.54, 1.807) is 11.0 Å². The van der Waals surface area contributed by atoms with E-state index in [0.29, 0.717) is 0 Å². The Kier molecular flexibility index (Phi) is 6.28. The van der Waals surface area contributed by atoms with E-state index in [0.717, 1.165) is 0 Å². The summed E-state index contributed by atoms with van der Waals surface area (Å²) in [6.07, 6.45) is 0. The third kappa shape index (κ3) is 4.66. The van der Waals surface area contributed by atoms with Gasteiger partial charge in [0.25, 0.3) is 0 Å². The van der Waals surface area contributed by atoms with Crippen LogP contribution in [0.25, 0.3) is 0 Å². The van der Waals surface area contributed by atoms with Crippen LogP contribution in [-0.2, 0) is 0 Å². The highest BCUT2D eigenvalue weighted by molar-refractivity contribution is 8.76. The molecule has 0 spiro atoms. The standard InChI is InChI=1S/C3H9NS2/c1-3-5-6-4-2/h4H,3H2,1-2H3. The smallest absolute Gasteiger partial charge is 0.00209 e. The second-order valence-electron chi connectivity index (χ2n) is 0.694. The van der Waals surface area contributed by atoms with Gasteiger partial charge in [-0.05, 0) is 18.0 Å². The zero-order valence-corrected chi connectivity index (χ0v) is 5.66. The molecule has 1 nitrogen and oxygen atoms in total. The fourth-order valence-electron chi connectivity index (χ4n) is 0.118. The highest BCUT2D eigenvalue weighted by Crippen LogP contribution is 2.13. The highest BCUT2D eigenvalue weighted by atomic mass is 33.1. The van der Waals surface area contributed by atoms with Gasteiger partial charge in [-0.15, -0.1) is 0 Å². The summed E-state index contributed by atoms with van der Waals surface area (Å²) in [6, 6.07) is 0. The van der Waals surface area contributed by atoms with E-state index < -0.39 is 0 Å². The first-order valence-corrected chi connectivity index (χ1v) is 4.19. The summed E-state index contributed by atoms with van der Waals surface area (Å²) in [5, 5.41) is 0. The van der Waals surface area contributed by atoms with Crippen LogP contribution in [0.2, 0.25) is 0 Å². The molecule has 0 amide bonds. The summed E-state index contributed by atoms with van der Waals surface area (Å²) < 4.78 is 2.95. The minimum atomic E-state index is 1.17. The summed E-state index contributed by atoms with van der Waals surface area (Å²) in [7, 11) is 5.41. The van der Waals surface area contributed by atoms with Crippen LogP contribution in [0.5, 0.6) is 0 Å². The molecule has 0 aliphatic rings. The van der Waals surface area contributed by atoms with Crippen LogP contribution >= 0.6 is 21.8 Å². The molecule has 0 atom stereocenters. The predicted molar refractivity (Wildman–Crippen MR) is 34.8 cm³/mol. The van der Waals surface area contributed by atoms with Crippen molar-refractivity contribution in [3.05, 3.63) is 0 Å². The van der Waals surface area contributed by atoms with Crippen molar-refractivity contribution >= 4 is 21.8 Å². The molecule has 0 aromatic carbocycles. The first-order valence-electron chi connectivity index (χ1n) is 1.87. The predicted octanol–water partition coefficient (Wildman–Crippen LogP) is 1.52. The second kappa shape index (κ2) is 5.66. The molecule has 0 saturated carbocycles. The van der Waals surface area contributed by atoms with Crippen molar-refractivity contribution in [3.63, 3.8) is 0 Å². The zero-order valence-electron chi connectivity index (χ0n) is 4.02. The first-order chi connectivity index (χ1) is 2.91. The van der Waals surface area contributed by atoms with E-state index in [4.69, 9.17) is 0 Å². The molecule has 0 radical (unpaired) electrons. The maximum absolute atomic E-state index is 2.95. The number of hydrogen-bond donors (Lipinski definition) is 1. The molecule has 0 fully saturated rings. The van der Waals surface area contributed by atoms with E-state index >= 15 is 0 Å². The molecule has 0 heterocycles. The number of rotatable bonds is 3. The Bertz CT molecular complexity index is 20.8. The van der Waals surface area contributed by atoms with Gasteiger partial charge in [0, 0.05) is 5.75 Å². The van der Waals surface area contributed by atoms with Gasteiger partial charge in [0.2, 0.25) is 0 Å². The lowest BCUT2D eigenvalue weighted by Gasteiger charge is -1.88. The van der Waals surface area contributed by atoms with Crippen LogP contribution in [0.4, 0.5) is 0 Å². The third-order valence-corrected chi connectivity index (χ3v) is 2.34. The summed E-state index contributed by atoms with van der Waals surface area (Å²) in [5.41, 5.74) is 0. The molecule has 0 aliphatic heterocycles. The van der Waals surface area contributed by atoms with Crippen molar-refractivity contribution in [2.24, 2.45) is 0 Å². The molecule has 0 unspecified atom stereocenters. The molecule has 0 aromatic rings. The molecule has 3 heteroatoms. The average molecular weight is 123 g/mol. The van der Waals surface area contributed by atoms with Crippen molar-refractivity contribution in [3.8, 4) is 0 Å². The van der Waals surface area contributed by atoms with Crippen molar-refractivity contribution in [2.45, 2.75) is 6.92 Å². The van der Waals surface area contributed by atoms with Gasteiger partial charge in [-0.1, -0.05) is 17.7 Å². The zero-order chi connectivity index (χ0) is 4.83. The summed E-state index contributed by atoms with van der Waals surface area (Å²) in [4.78, 5) is 0. The van der Waals surface area contributed by atoms with Gasteiger partial charge in [0.1, 0.15) is 0 Å². The fraction of sp³-hybridized carbons (Fsp3) is 1.00. The lowest BCUT2D eigenvalue weighted by atomic mass is 11.0. The van der Waals surface area contributed by atoms with Crippen molar-refractivity contribution in [1.82, 2.24) is 4.72 Å². The van der Waals surface area contributed by atoms with Gasteiger partial charge in [-0.3, -0.25) is 4.72 Å². The molecule has 0 rings (SSSR count). The normalized spacial score (nSPS) is 9.00. The van der Waals surface area contributed by atoms with Crippen LogP contribution in [0.1, 0.15) is 6.92 Å². The third-order valence-electron chi connectivity index (χ3n) is 0.260. The van der Waals surface area contributed by atoms with Gasteiger partial charge in [0.15, 0.2) is 0 Å². The van der Waals surface area contributed by atoms with Crippen LogP contribution in [0, 0.1) is 0 Å². The largest absolute Gasteiger partial charge is 0.258 e. The van der Waals surface area contributed by atoms with Crippen molar-refractivity contribution in [2.75, 3.05) is 12.8 Å². The molecule has 0 aliphatic carbocycles. The Labute approximate surface area is 46.8 Å². The van der Waals surface area contributed by atoms with E-state index in [1.165, 1.54) is 5.75 Å². The van der Waals surface area contributed by atoms with Gasteiger partial charge in [0.05, 0.1) is 0 Å². The Hall–Kier alpha value is 0.660. The van der Waals surface area contributed by atoms with Crippen LogP contribution in [0.15, 0.2) is 0 Å². The first kappa shape index (κ1) is 6.66. The van der Waals surface area contributed by atoms with E-state index in [1.807, 2.05) is 17.8 Å². The average Bonchev–Trinajstić information content (AvgIpc) is 1.61. The summed E-state index contributed by atoms with van der Waals surface area (Å²) >= 11 is 0. The lowest BCUT2D eigenvalue weighted by molar-refractivity contribution is 1.31. The Balaban J connectivity index is 2.34. The van der Waals surface area contributed by atoms with Gasteiger partial charge < -0.3 is 0 Å². The van der Waals surface area contributed by atoms with Crippen LogP contribution < -0.4 is 4.72 Å². The van der Waals surface area contributed by atoms with Crippen molar-refractivity contribution < 1.29 is 0 Å². The highest BCUT2D eigenvalue weighted by Gasteiger charge is 1.74.